The van der Waals surface area contributed by atoms with Gasteiger partial charge in [0.1, 0.15) is 10.1 Å². The number of carbonyl (C=O) groups excluding carboxylic acids is 2. The van der Waals surface area contributed by atoms with E-state index in [0.29, 0.717) is 47.8 Å². The zero-order valence-electron chi connectivity index (χ0n) is 14.8. The molecule has 0 spiro atoms. The molecule has 0 aliphatic carbocycles. The highest BCUT2D eigenvalue weighted by atomic mass is 32.2. The number of para-hydroxylation sites is 1. The van der Waals surface area contributed by atoms with Crippen LogP contribution in [0.4, 0.5) is 0 Å². The molecule has 27 heavy (non-hydrogen) atoms. The summed E-state index contributed by atoms with van der Waals surface area (Å²) in [6, 6.07) is 7.30. The molecule has 0 N–H and O–H groups in total. The molecule has 2 amide bonds. The van der Waals surface area contributed by atoms with Crippen LogP contribution < -0.4 is 4.74 Å². The average molecular weight is 405 g/mol. The Balaban J connectivity index is 1.70. The fraction of sp³-hybridized carbons (Fsp3) is 0.316. The zero-order chi connectivity index (χ0) is 19.2. The molecule has 2 saturated heterocycles. The minimum Gasteiger partial charge on any atom is -0.483 e. The van der Waals surface area contributed by atoms with Gasteiger partial charge in [-0.2, -0.15) is 0 Å². The molecule has 0 atom stereocenters. The van der Waals surface area contributed by atoms with Gasteiger partial charge in [-0.15, -0.1) is 6.58 Å². The number of carbonyl (C=O) groups is 2. The Morgan fingerprint density at radius 3 is 2.81 bits per heavy atom. The largest absolute Gasteiger partial charge is 0.483 e. The van der Waals surface area contributed by atoms with Gasteiger partial charge in [0, 0.05) is 25.2 Å². The van der Waals surface area contributed by atoms with E-state index in [1.807, 2.05) is 18.2 Å². The highest BCUT2D eigenvalue weighted by Gasteiger charge is 2.31. The predicted octanol–water partition coefficient (Wildman–Crippen LogP) is 2.31. The Morgan fingerprint density at radius 2 is 2.07 bits per heavy atom. The van der Waals surface area contributed by atoms with Crippen molar-refractivity contribution in [2.75, 3.05) is 39.5 Å². The van der Waals surface area contributed by atoms with E-state index in [9.17, 15) is 9.59 Å². The molecular weight excluding hydrogens is 384 g/mol. The number of ether oxygens (including phenoxy) is 2. The van der Waals surface area contributed by atoms with Crippen LogP contribution in [0, 0.1) is 0 Å². The first kappa shape index (κ1) is 19.6. The van der Waals surface area contributed by atoms with Crippen molar-refractivity contribution < 1.29 is 19.1 Å². The Labute approximate surface area is 167 Å². The van der Waals surface area contributed by atoms with E-state index >= 15 is 0 Å². The minimum absolute atomic E-state index is 0.0533. The van der Waals surface area contributed by atoms with Gasteiger partial charge in [-0.05, 0) is 12.1 Å². The average Bonchev–Trinajstić information content (AvgIpc) is 2.95. The number of amides is 2. The molecule has 0 bridgehead atoms. The van der Waals surface area contributed by atoms with Crippen molar-refractivity contribution in [2.24, 2.45) is 0 Å². The number of morpholine rings is 1. The molecule has 2 fully saturated rings. The number of thioether (sulfide) groups is 1. The molecular formula is C19H20N2O4S2. The molecule has 1 aromatic carbocycles. The van der Waals surface area contributed by atoms with Gasteiger partial charge in [0.05, 0.1) is 18.1 Å². The van der Waals surface area contributed by atoms with E-state index in [4.69, 9.17) is 21.7 Å². The fourth-order valence-electron chi connectivity index (χ4n) is 2.70. The summed E-state index contributed by atoms with van der Waals surface area (Å²) >= 11 is 6.50. The molecule has 142 valence electrons. The SMILES string of the molecule is C=CCN1C(=O)/C(=C/c2ccccc2OCC(=O)N2CCOCC2)SC1=S. The monoisotopic (exact) mass is 404 g/mol. The molecule has 3 rings (SSSR count). The normalized spacial score (nSPS) is 18.9. The second-order valence-corrected chi connectivity index (χ2v) is 7.58. The molecule has 0 saturated carbocycles. The Hall–Kier alpha value is -2.16. The number of rotatable bonds is 6. The van der Waals surface area contributed by atoms with Gasteiger partial charge in [-0.1, -0.05) is 48.3 Å². The third-order valence-electron chi connectivity index (χ3n) is 4.11. The van der Waals surface area contributed by atoms with Crippen LogP contribution in [0.5, 0.6) is 5.75 Å². The molecule has 1 aromatic rings. The summed E-state index contributed by atoms with van der Waals surface area (Å²) in [4.78, 5) is 28.5. The van der Waals surface area contributed by atoms with Crippen molar-refractivity contribution in [1.29, 1.82) is 0 Å². The second kappa shape index (κ2) is 9.16. The molecule has 0 aromatic heterocycles. The summed E-state index contributed by atoms with van der Waals surface area (Å²) in [6.45, 7) is 6.24. The van der Waals surface area contributed by atoms with Crippen LogP contribution in [0.25, 0.3) is 6.08 Å². The Bertz CT molecular complexity index is 788. The lowest BCUT2D eigenvalue weighted by Gasteiger charge is -2.26. The first-order valence-electron chi connectivity index (χ1n) is 8.54. The van der Waals surface area contributed by atoms with Crippen molar-refractivity contribution in [3.8, 4) is 5.75 Å². The summed E-state index contributed by atoms with van der Waals surface area (Å²) in [5.74, 6) is 0.322. The van der Waals surface area contributed by atoms with Crippen LogP contribution in [0.3, 0.4) is 0 Å². The topological polar surface area (TPSA) is 59.1 Å². The van der Waals surface area contributed by atoms with Crippen LogP contribution >= 0.6 is 24.0 Å². The van der Waals surface area contributed by atoms with Gasteiger partial charge in [0.15, 0.2) is 6.61 Å². The quantitative estimate of drug-likeness (QED) is 0.412. The van der Waals surface area contributed by atoms with E-state index in [2.05, 4.69) is 6.58 Å². The molecule has 6 nitrogen and oxygen atoms in total. The standard InChI is InChI=1S/C19H20N2O4S2/c1-2-7-21-18(23)16(27-19(21)26)12-14-5-3-4-6-15(14)25-13-17(22)20-8-10-24-11-9-20/h2-6,12H,1,7-11,13H2/b16-12-. The van der Waals surface area contributed by atoms with Crippen LogP contribution in [0.15, 0.2) is 41.8 Å². The highest BCUT2D eigenvalue weighted by molar-refractivity contribution is 8.26. The lowest BCUT2D eigenvalue weighted by molar-refractivity contribution is -0.137. The van der Waals surface area contributed by atoms with Crippen LogP contribution in [-0.2, 0) is 14.3 Å². The maximum absolute atomic E-state index is 12.5. The van der Waals surface area contributed by atoms with Gasteiger partial charge >= 0.3 is 0 Å². The van der Waals surface area contributed by atoms with E-state index in [1.165, 1.54) is 16.7 Å². The van der Waals surface area contributed by atoms with E-state index < -0.39 is 0 Å². The Kier molecular flexibility index (Phi) is 6.65. The summed E-state index contributed by atoms with van der Waals surface area (Å²) in [5.41, 5.74) is 0.728. The molecule has 2 heterocycles. The minimum atomic E-state index is -0.149. The lowest BCUT2D eigenvalue weighted by Crippen LogP contribution is -2.43. The number of nitrogens with zero attached hydrogens (tertiary/aromatic N) is 2. The third-order valence-corrected chi connectivity index (χ3v) is 5.48. The smallest absolute Gasteiger partial charge is 0.266 e. The number of hydrogen-bond donors (Lipinski definition) is 0. The number of thiocarbonyl (C=S) groups is 1. The van der Waals surface area contributed by atoms with Crippen LogP contribution in [0.2, 0.25) is 0 Å². The summed E-state index contributed by atoms with van der Waals surface area (Å²) < 4.78 is 11.5. The van der Waals surface area contributed by atoms with Crippen LogP contribution in [0.1, 0.15) is 5.56 Å². The predicted molar refractivity (Wildman–Crippen MR) is 109 cm³/mol. The maximum Gasteiger partial charge on any atom is 0.266 e. The maximum atomic E-state index is 12.5. The molecule has 0 unspecified atom stereocenters. The van der Waals surface area contributed by atoms with Gasteiger partial charge in [0.25, 0.3) is 11.8 Å². The zero-order valence-corrected chi connectivity index (χ0v) is 16.4. The first-order valence-corrected chi connectivity index (χ1v) is 9.76. The third kappa shape index (κ3) is 4.77. The van der Waals surface area contributed by atoms with Crippen LogP contribution in [-0.4, -0.2) is 65.4 Å². The number of benzene rings is 1. The molecule has 2 aliphatic heterocycles. The second-order valence-electron chi connectivity index (χ2n) is 5.90. The summed E-state index contributed by atoms with van der Waals surface area (Å²) in [5, 5.41) is 0. The van der Waals surface area contributed by atoms with Crippen molar-refractivity contribution in [1.82, 2.24) is 9.80 Å². The summed E-state index contributed by atoms with van der Waals surface area (Å²) in [7, 11) is 0. The van der Waals surface area contributed by atoms with Gasteiger partial charge in [-0.3, -0.25) is 14.5 Å². The van der Waals surface area contributed by atoms with E-state index in [1.54, 1.807) is 23.1 Å². The number of hydrogen-bond acceptors (Lipinski definition) is 6. The van der Waals surface area contributed by atoms with Crippen molar-refractivity contribution >= 4 is 46.2 Å². The van der Waals surface area contributed by atoms with Gasteiger partial charge in [0.2, 0.25) is 0 Å². The molecule has 8 heteroatoms. The summed E-state index contributed by atoms with van der Waals surface area (Å²) in [6.07, 6.45) is 3.39. The lowest BCUT2D eigenvalue weighted by atomic mass is 10.2. The fourth-order valence-corrected chi connectivity index (χ4v) is 3.97. The van der Waals surface area contributed by atoms with Crippen molar-refractivity contribution in [2.45, 2.75) is 0 Å². The molecule has 2 aliphatic rings. The Morgan fingerprint density at radius 1 is 1.33 bits per heavy atom. The van der Waals surface area contributed by atoms with E-state index in [-0.39, 0.29) is 18.4 Å². The van der Waals surface area contributed by atoms with Crippen molar-refractivity contribution in [3.05, 3.63) is 47.4 Å². The van der Waals surface area contributed by atoms with Crippen molar-refractivity contribution in [3.63, 3.8) is 0 Å². The molecule has 0 radical (unpaired) electrons. The highest BCUT2D eigenvalue weighted by Crippen LogP contribution is 2.34. The van der Waals surface area contributed by atoms with Gasteiger partial charge < -0.3 is 14.4 Å². The van der Waals surface area contributed by atoms with E-state index in [0.717, 1.165) is 5.56 Å². The first-order chi connectivity index (χ1) is 13.1. The van der Waals surface area contributed by atoms with Gasteiger partial charge in [-0.25, -0.2) is 0 Å².